The highest BCUT2D eigenvalue weighted by Gasteiger charge is 1.92. The molecule has 55 valence electrons. The van der Waals surface area contributed by atoms with Crippen LogP contribution in [0.5, 0.6) is 0 Å². The second-order valence-corrected chi connectivity index (χ2v) is 2.20. The quantitative estimate of drug-likeness (QED) is 0.562. The van der Waals surface area contributed by atoms with E-state index < -0.39 is 0 Å². The van der Waals surface area contributed by atoms with E-state index >= 15 is 0 Å². The fourth-order valence-corrected chi connectivity index (χ4v) is 0.841. The molecule has 0 heterocycles. The summed E-state index contributed by atoms with van der Waals surface area (Å²) >= 11 is 0. The molecule has 0 saturated heterocycles. The van der Waals surface area contributed by atoms with Crippen LogP contribution in [0.25, 0.3) is 0 Å². The maximum Gasteiger partial charge on any atom is 0.123 e. The summed E-state index contributed by atoms with van der Waals surface area (Å²) in [6.07, 6.45) is 7.31. The predicted molar refractivity (Wildman–Crippen MR) is 43.2 cm³/mol. The maximum absolute atomic E-state index is 12.5. The largest absolute Gasteiger partial charge is 0.207 e. The summed E-state index contributed by atoms with van der Waals surface area (Å²) < 4.78 is 12.5. The monoisotopic (exact) mass is 147 g/mol. The second-order valence-electron chi connectivity index (χ2n) is 2.20. The van der Waals surface area contributed by atoms with Crippen molar-refractivity contribution in [3.05, 3.63) is 42.1 Å². The molecule has 1 aromatic rings. The van der Waals surface area contributed by atoms with Crippen LogP contribution in [0.3, 0.4) is 0 Å². The van der Waals surface area contributed by atoms with Crippen molar-refractivity contribution in [2.45, 2.75) is 6.42 Å². The van der Waals surface area contributed by atoms with E-state index in [1.807, 2.05) is 6.07 Å². The first-order valence-electron chi connectivity index (χ1n) is 3.35. The van der Waals surface area contributed by atoms with Gasteiger partial charge in [0, 0.05) is 6.42 Å². The van der Waals surface area contributed by atoms with Gasteiger partial charge in [-0.05, 0) is 24.1 Å². The van der Waals surface area contributed by atoms with E-state index in [9.17, 15) is 4.39 Å². The molecule has 0 aromatic heterocycles. The first-order valence-corrected chi connectivity index (χ1v) is 3.35. The highest BCUT2D eigenvalue weighted by atomic mass is 19.1. The Morgan fingerprint density at radius 1 is 1.55 bits per heavy atom. The Hall–Kier alpha value is -1.29. The van der Waals surface area contributed by atoms with E-state index in [0.717, 1.165) is 5.56 Å². The Kier molecular flexibility index (Phi) is 2.68. The summed E-state index contributed by atoms with van der Waals surface area (Å²) in [7, 11) is 0. The zero-order valence-corrected chi connectivity index (χ0v) is 6.05. The summed E-state index contributed by atoms with van der Waals surface area (Å²) in [5.41, 5.74) is 0.906. The molecule has 1 radical (unpaired) electrons. The van der Waals surface area contributed by atoms with Crippen molar-refractivity contribution < 1.29 is 4.39 Å². The molecule has 0 nitrogen and oxygen atoms in total. The van der Waals surface area contributed by atoms with Crippen LogP contribution in [-0.2, 0) is 6.42 Å². The topological polar surface area (TPSA) is 0 Å². The molecule has 0 atom stereocenters. The van der Waals surface area contributed by atoms with Gasteiger partial charge in [0.25, 0.3) is 0 Å². The number of benzene rings is 1. The van der Waals surface area contributed by atoms with Crippen LogP contribution in [0.4, 0.5) is 4.39 Å². The van der Waals surface area contributed by atoms with Crippen LogP contribution in [0.2, 0.25) is 0 Å². The predicted octanol–water partition coefficient (Wildman–Crippen LogP) is 2.21. The van der Waals surface area contributed by atoms with Gasteiger partial charge in [-0.1, -0.05) is 12.1 Å². The minimum absolute atomic E-state index is 0.215. The lowest BCUT2D eigenvalue weighted by atomic mass is 10.1. The molecule has 0 aliphatic rings. The van der Waals surface area contributed by atoms with Gasteiger partial charge in [-0.25, -0.2) is 4.39 Å². The van der Waals surface area contributed by atoms with Gasteiger partial charge in [-0.15, -0.1) is 12.3 Å². The van der Waals surface area contributed by atoms with Gasteiger partial charge in [-0.3, -0.25) is 0 Å². The summed E-state index contributed by atoms with van der Waals surface area (Å²) in [5, 5.41) is 0. The average Bonchev–Trinajstić information content (AvgIpc) is 2.01. The lowest BCUT2D eigenvalue weighted by Crippen LogP contribution is -1.84. The molecule has 1 heteroatoms. The van der Waals surface area contributed by atoms with Crippen molar-refractivity contribution in [2.75, 3.05) is 0 Å². The van der Waals surface area contributed by atoms with Gasteiger partial charge in [0.15, 0.2) is 0 Å². The number of terminal acetylenes is 1. The zero-order chi connectivity index (χ0) is 8.10. The minimum atomic E-state index is -0.215. The minimum Gasteiger partial charge on any atom is -0.207 e. The molecular weight excluding hydrogens is 139 g/mol. The fraction of sp³-hybridized carbons (Fsp3) is 0.100. The van der Waals surface area contributed by atoms with Gasteiger partial charge in [-0.2, -0.15) is 0 Å². The molecule has 0 bridgehead atoms. The van der Waals surface area contributed by atoms with E-state index in [-0.39, 0.29) is 5.82 Å². The van der Waals surface area contributed by atoms with E-state index in [1.54, 1.807) is 12.5 Å². The van der Waals surface area contributed by atoms with Gasteiger partial charge in [0.2, 0.25) is 0 Å². The Bertz CT molecular complexity index is 270. The molecule has 1 aromatic carbocycles. The lowest BCUT2D eigenvalue weighted by Gasteiger charge is -1.95. The summed E-state index contributed by atoms with van der Waals surface area (Å²) in [5.74, 6) is 2.17. The summed E-state index contributed by atoms with van der Waals surface area (Å²) in [4.78, 5) is 0. The van der Waals surface area contributed by atoms with Crippen LogP contribution in [0.1, 0.15) is 5.56 Å². The first-order chi connectivity index (χ1) is 5.33. The average molecular weight is 147 g/mol. The number of rotatable bonds is 2. The fourth-order valence-electron chi connectivity index (χ4n) is 0.841. The molecule has 0 spiro atoms. The van der Waals surface area contributed by atoms with Crippen molar-refractivity contribution in [2.24, 2.45) is 0 Å². The molecule has 0 saturated carbocycles. The van der Waals surface area contributed by atoms with E-state index in [4.69, 9.17) is 6.42 Å². The Morgan fingerprint density at radius 3 is 3.00 bits per heavy atom. The van der Waals surface area contributed by atoms with Crippen LogP contribution >= 0.6 is 0 Å². The van der Waals surface area contributed by atoms with Crippen molar-refractivity contribution in [3.63, 3.8) is 0 Å². The van der Waals surface area contributed by atoms with Crippen molar-refractivity contribution in [1.29, 1.82) is 0 Å². The smallest absolute Gasteiger partial charge is 0.123 e. The third-order valence-corrected chi connectivity index (χ3v) is 1.34. The van der Waals surface area contributed by atoms with Gasteiger partial charge in [0.1, 0.15) is 5.82 Å². The van der Waals surface area contributed by atoms with Gasteiger partial charge >= 0.3 is 0 Å². The highest BCUT2D eigenvalue weighted by molar-refractivity contribution is 5.20. The second kappa shape index (κ2) is 3.78. The molecule has 0 aliphatic carbocycles. The summed E-state index contributed by atoms with van der Waals surface area (Å²) in [6.45, 7) is 0. The molecule has 0 N–H and O–H groups in total. The van der Waals surface area contributed by atoms with Gasteiger partial charge in [0.05, 0.1) is 0 Å². The number of hydrogen-bond acceptors (Lipinski definition) is 0. The third-order valence-electron chi connectivity index (χ3n) is 1.34. The van der Waals surface area contributed by atoms with E-state index in [0.29, 0.717) is 6.42 Å². The van der Waals surface area contributed by atoms with E-state index in [2.05, 4.69) is 5.92 Å². The van der Waals surface area contributed by atoms with Crippen molar-refractivity contribution in [3.8, 4) is 12.3 Å². The van der Waals surface area contributed by atoms with Crippen LogP contribution in [-0.4, -0.2) is 0 Å². The number of hydrogen-bond donors (Lipinski definition) is 0. The Labute approximate surface area is 66.1 Å². The third kappa shape index (κ3) is 2.43. The van der Waals surface area contributed by atoms with Crippen LogP contribution in [0.15, 0.2) is 24.3 Å². The van der Waals surface area contributed by atoms with Crippen LogP contribution in [0, 0.1) is 24.6 Å². The molecule has 11 heavy (non-hydrogen) atoms. The standard InChI is InChI=1S/C10H8F/c1-2-3-5-9-6-4-7-10(11)8-9/h1,3-4,6-8H,5H2. The molecule has 1 rings (SSSR count). The molecule has 0 unspecified atom stereocenters. The maximum atomic E-state index is 12.5. The summed E-state index contributed by atoms with van der Waals surface area (Å²) in [6, 6.07) is 6.42. The Balaban J connectivity index is 2.65. The Morgan fingerprint density at radius 2 is 2.36 bits per heavy atom. The van der Waals surface area contributed by atoms with Crippen molar-refractivity contribution in [1.82, 2.24) is 0 Å². The van der Waals surface area contributed by atoms with E-state index in [1.165, 1.54) is 12.1 Å². The normalized spacial score (nSPS) is 9.09. The lowest BCUT2D eigenvalue weighted by molar-refractivity contribution is 0.626. The first kappa shape index (κ1) is 7.81. The highest BCUT2D eigenvalue weighted by Crippen LogP contribution is 2.04. The molecule has 0 amide bonds. The van der Waals surface area contributed by atoms with Crippen molar-refractivity contribution >= 4 is 0 Å². The zero-order valence-electron chi connectivity index (χ0n) is 6.05. The van der Waals surface area contributed by atoms with Gasteiger partial charge < -0.3 is 0 Å². The molecule has 0 fully saturated rings. The molecular formula is C10H8F. The molecule has 0 aliphatic heterocycles. The SMILES string of the molecule is C#C[CH]Cc1cccc(F)c1. The number of halogens is 1. The van der Waals surface area contributed by atoms with Crippen LogP contribution < -0.4 is 0 Å².